The number of rotatable bonds is 7. The number of aromatic nitrogens is 3. The van der Waals surface area contributed by atoms with Gasteiger partial charge < -0.3 is 20.7 Å². The fourth-order valence-corrected chi connectivity index (χ4v) is 4.09. The predicted molar refractivity (Wildman–Crippen MR) is 124 cm³/mol. The Balaban J connectivity index is 1.33. The summed E-state index contributed by atoms with van der Waals surface area (Å²) in [5.74, 6) is 0.908. The maximum absolute atomic E-state index is 12.7. The highest BCUT2D eigenvalue weighted by atomic mass is 16.5. The van der Waals surface area contributed by atoms with Crippen LogP contribution in [0.3, 0.4) is 0 Å². The molecule has 3 aromatic rings. The monoisotopic (exact) mass is 448 g/mol. The Kier molecular flexibility index (Phi) is 6.87. The molecule has 3 heterocycles. The smallest absolute Gasteiger partial charge is 0.255 e. The van der Waals surface area contributed by atoms with E-state index < -0.39 is 0 Å². The second-order valence-corrected chi connectivity index (χ2v) is 8.02. The topological polar surface area (TPSA) is 115 Å². The molecule has 0 saturated carbocycles. The Bertz CT molecular complexity index is 1110. The quantitative estimate of drug-likeness (QED) is 0.573. The summed E-state index contributed by atoms with van der Waals surface area (Å²) in [4.78, 5) is 31.5. The number of para-hydroxylation sites is 1. The molecular weight excluding hydrogens is 420 g/mol. The van der Waals surface area contributed by atoms with Crippen LogP contribution in [0.25, 0.3) is 0 Å². The average molecular weight is 449 g/mol. The van der Waals surface area contributed by atoms with E-state index in [2.05, 4.69) is 15.4 Å². The summed E-state index contributed by atoms with van der Waals surface area (Å²) >= 11 is 0. The lowest BCUT2D eigenvalue weighted by molar-refractivity contribution is -0.133. The van der Waals surface area contributed by atoms with Crippen LogP contribution < -0.4 is 15.8 Å². The fraction of sp³-hybridized carbons (Fsp3) is 0.333. The van der Waals surface area contributed by atoms with Crippen molar-refractivity contribution in [2.45, 2.75) is 31.8 Å². The van der Waals surface area contributed by atoms with Gasteiger partial charge >= 0.3 is 0 Å². The molecular formula is C24H28N6O3. The van der Waals surface area contributed by atoms with E-state index >= 15 is 0 Å². The molecule has 0 atom stereocenters. The van der Waals surface area contributed by atoms with Crippen LogP contribution in [0.5, 0.6) is 5.75 Å². The van der Waals surface area contributed by atoms with Crippen molar-refractivity contribution in [2.24, 2.45) is 0 Å². The van der Waals surface area contributed by atoms with E-state index in [0.717, 1.165) is 24.1 Å². The molecule has 33 heavy (non-hydrogen) atoms. The molecule has 0 spiro atoms. The van der Waals surface area contributed by atoms with E-state index in [1.165, 1.54) is 0 Å². The molecule has 2 aromatic heterocycles. The zero-order valence-electron chi connectivity index (χ0n) is 18.6. The number of nitrogens with one attached hydrogen (secondary N) is 1. The van der Waals surface area contributed by atoms with Crippen molar-refractivity contribution < 1.29 is 14.3 Å². The molecule has 172 valence electrons. The van der Waals surface area contributed by atoms with Crippen LogP contribution in [-0.2, 0) is 17.9 Å². The first-order valence-corrected chi connectivity index (χ1v) is 11.0. The van der Waals surface area contributed by atoms with Crippen LogP contribution in [-0.4, -0.2) is 51.7 Å². The molecule has 1 fully saturated rings. The van der Waals surface area contributed by atoms with Gasteiger partial charge in [-0.25, -0.2) is 4.98 Å². The highest BCUT2D eigenvalue weighted by Crippen LogP contribution is 2.28. The molecule has 1 aliphatic heterocycles. The number of nitrogens with zero attached hydrogens (tertiary/aromatic N) is 4. The van der Waals surface area contributed by atoms with Gasteiger partial charge in [-0.2, -0.15) is 5.10 Å². The average Bonchev–Trinajstić information content (AvgIpc) is 3.35. The third-order valence-electron chi connectivity index (χ3n) is 5.95. The van der Waals surface area contributed by atoms with E-state index in [9.17, 15) is 9.59 Å². The van der Waals surface area contributed by atoms with Gasteiger partial charge in [0.05, 0.1) is 12.7 Å². The van der Waals surface area contributed by atoms with Crippen molar-refractivity contribution in [3.8, 4) is 5.75 Å². The number of hydrogen-bond donors (Lipinski definition) is 2. The Morgan fingerprint density at radius 3 is 2.64 bits per heavy atom. The van der Waals surface area contributed by atoms with Crippen molar-refractivity contribution >= 4 is 17.6 Å². The predicted octanol–water partition coefficient (Wildman–Crippen LogP) is 2.21. The molecule has 4 rings (SSSR count). The van der Waals surface area contributed by atoms with Gasteiger partial charge in [-0.15, -0.1) is 0 Å². The number of pyridine rings is 1. The first kappa shape index (κ1) is 22.3. The van der Waals surface area contributed by atoms with E-state index in [-0.39, 0.29) is 30.1 Å². The van der Waals surface area contributed by atoms with Crippen LogP contribution in [0.2, 0.25) is 0 Å². The van der Waals surface area contributed by atoms with Crippen molar-refractivity contribution in [1.82, 2.24) is 25.0 Å². The van der Waals surface area contributed by atoms with Crippen molar-refractivity contribution in [2.75, 3.05) is 25.9 Å². The van der Waals surface area contributed by atoms with Gasteiger partial charge in [-0.1, -0.05) is 18.2 Å². The first-order chi connectivity index (χ1) is 16.0. The number of benzene rings is 1. The fourth-order valence-electron chi connectivity index (χ4n) is 4.09. The van der Waals surface area contributed by atoms with E-state index in [1.54, 1.807) is 36.3 Å². The lowest BCUT2D eigenvalue weighted by Gasteiger charge is -2.32. The van der Waals surface area contributed by atoms with Crippen LogP contribution in [0.4, 0.5) is 5.82 Å². The largest absolute Gasteiger partial charge is 0.496 e. The van der Waals surface area contributed by atoms with Crippen LogP contribution in [0.15, 0.2) is 54.9 Å². The molecule has 1 aliphatic rings. The molecule has 0 bridgehead atoms. The molecule has 2 amide bonds. The third kappa shape index (κ3) is 5.31. The highest BCUT2D eigenvalue weighted by Gasteiger charge is 2.25. The lowest BCUT2D eigenvalue weighted by atomic mass is 9.92. The standard InChI is InChI=1S/C24H28N6O3/c1-33-21-6-3-2-5-18(21)15-26-24(32)19-7-8-20(28-23(19)25)17-9-13-29(14-10-17)22(31)16-30-12-4-11-27-30/h2-8,11-12,17H,9-10,13-16H2,1H3,(H2,25,28)(H,26,32). The first-order valence-electron chi connectivity index (χ1n) is 11.0. The van der Waals surface area contributed by atoms with Gasteiger partial charge in [0.1, 0.15) is 18.1 Å². The minimum absolute atomic E-state index is 0.0617. The Morgan fingerprint density at radius 1 is 1.15 bits per heavy atom. The molecule has 1 saturated heterocycles. The zero-order chi connectivity index (χ0) is 23.2. The van der Waals surface area contributed by atoms with Crippen LogP contribution >= 0.6 is 0 Å². The number of likely N-dealkylation sites (tertiary alicyclic amines) is 1. The molecule has 0 unspecified atom stereocenters. The molecule has 3 N–H and O–H groups in total. The molecule has 0 aliphatic carbocycles. The Labute approximate surface area is 192 Å². The van der Waals surface area contributed by atoms with Crippen molar-refractivity contribution in [1.29, 1.82) is 0 Å². The highest BCUT2D eigenvalue weighted by molar-refractivity contribution is 5.98. The minimum atomic E-state index is -0.281. The maximum Gasteiger partial charge on any atom is 0.255 e. The number of carbonyl (C=O) groups excluding carboxylic acids is 2. The number of nitrogens with two attached hydrogens (primary N) is 1. The number of hydrogen-bond acceptors (Lipinski definition) is 6. The maximum atomic E-state index is 12.7. The summed E-state index contributed by atoms with van der Waals surface area (Å²) in [6.07, 6.45) is 5.05. The number of ether oxygens (including phenoxy) is 1. The zero-order valence-corrected chi connectivity index (χ0v) is 18.6. The van der Waals surface area contributed by atoms with Gasteiger partial charge in [0.15, 0.2) is 0 Å². The Hall–Kier alpha value is -3.88. The minimum Gasteiger partial charge on any atom is -0.496 e. The third-order valence-corrected chi connectivity index (χ3v) is 5.95. The molecule has 9 nitrogen and oxygen atoms in total. The number of carbonyl (C=O) groups is 2. The Morgan fingerprint density at radius 2 is 1.94 bits per heavy atom. The summed E-state index contributed by atoms with van der Waals surface area (Å²) < 4.78 is 6.95. The molecule has 1 aromatic carbocycles. The van der Waals surface area contributed by atoms with Gasteiger partial charge in [-0.05, 0) is 37.1 Å². The second-order valence-electron chi connectivity index (χ2n) is 8.02. The number of nitrogen functional groups attached to an aromatic ring is 1. The number of amides is 2. The number of piperidine rings is 1. The normalized spacial score (nSPS) is 14.2. The van der Waals surface area contributed by atoms with E-state index in [1.807, 2.05) is 35.2 Å². The van der Waals surface area contributed by atoms with Crippen LogP contribution in [0.1, 0.15) is 40.4 Å². The van der Waals surface area contributed by atoms with Gasteiger partial charge in [-0.3, -0.25) is 14.3 Å². The summed E-state index contributed by atoms with van der Waals surface area (Å²) in [5.41, 5.74) is 8.22. The summed E-state index contributed by atoms with van der Waals surface area (Å²) in [5, 5.41) is 6.97. The summed E-state index contributed by atoms with van der Waals surface area (Å²) in [7, 11) is 1.60. The summed E-state index contributed by atoms with van der Waals surface area (Å²) in [6, 6.07) is 12.9. The van der Waals surface area contributed by atoms with Gasteiger partial charge in [0.2, 0.25) is 5.91 Å². The number of anilines is 1. The molecule has 0 radical (unpaired) electrons. The lowest BCUT2D eigenvalue weighted by Crippen LogP contribution is -2.40. The van der Waals surface area contributed by atoms with Crippen LogP contribution in [0, 0.1) is 0 Å². The van der Waals surface area contributed by atoms with Crippen molar-refractivity contribution in [3.63, 3.8) is 0 Å². The van der Waals surface area contributed by atoms with Gasteiger partial charge in [0, 0.05) is 49.2 Å². The van der Waals surface area contributed by atoms with Crippen molar-refractivity contribution in [3.05, 3.63) is 71.7 Å². The van der Waals surface area contributed by atoms with E-state index in [0.29, 0.717) is 30.9 Å². The molecule has 9 heteroatoms. The van der Waals surface area contributed by atoms with Gasteiger partial charge in [0.25, 0.3) is 5.91 Å². The van der Waals surface area contributed by atoms with E-state index in [4.69, 9.17) is 10.5 Å². The number of methoxy groups -OCH3 is 1. The SMILES string of the molecule is COc1ccccc1CNC(=O)c1ccc(C2CCN(C(=O)Cn3cccn3)CC2)nc1N. The second kappa shape index (κ2) is 10.2. The summed E-state index contributed by atoms with van der Waals surface area (Å²) in [6.45, 7) is 1.90.